The third-order valence-corrected chi connectivity index (χ3v) is 4.54. The van der Waals surface area contributed by atoms with E-state index in [1.165, 1.54) is 24.3 Å². The van der Waals surface area contributed by atoms with Crippen molar-refractivity contribution in [2.45, 2.75) is 17.8 Å². The van der Waals surface area contributed by atoms with Gasteiger partial charge in [-0.05, 0) is 29.8 Å². The first-order valence-corrected chi connectivity index (χ1v) is 8.23. The molecule has 0 aliphatic rings. The maximum Gasteiger partial charge on any atom is 0.573 e. The van der Waals surface area contributed by atoms with Crippen LogP contribution in [-0.2, 0) is 16.6 Å². The van der Waals surface area contributed by atoms with Crippen LogP contribution in [0.4, 0.5) is 17.6 Å². The molecule has 0 fully saturated rings. The molecule has 0 saturated heterocycles. The highest BCUT2D eigenvalue weighted by Gasteiger charge is 2.31. The second-order valence-electron chi connectivity index (χ2n) is 4.57. The lowest BCUT2D eigenvalue weighted by atomic mass is 10.2. The molecule has 0 unspecified atom stereocenters. The molecule has 0 amide bonds. The monoisotopic (exact) mass is 383 g/mol. The maximum atomic E-state index is 13.8. The van der Waals surface area contributed by atoms with E-state index in [-0.39, 0.29) is 11.6 Å². The summed E-state index contributed by atoms with van der Waals surface area (Å²) in [7, 11) is -4.17. The van der Waals surface area contributed by atoms with E-state index in [2.05, 4.69) is 9.46 Å². The van der Waals surface area contributed by atoms with Crippen molar-refractivity contribution in [3.8, 4) is 5.75 Å². The Balaban J connectivity index is 2.08. The number of benzene rings is 2. The highest BCUT2D eigenvalue weighted by Crippen LogP contribution is 2.24. The zero-order chi connectivity index (χ0) is 18.0. The summed E-state index contributed by atoms with van der Waals surface area (Å²) in [6.07, 6.45) is -4.81. The molecule has 0 radical (unpaired) electrons. The van der Waals surface area contributed by atoms with Crippen LogP contribution < -0.4 is 9.46 Å². The first kappa shape index (κ1) is 18.5. The predicted octanol–water partition coefficient (Wildman–Crippen LogP) is 3.86. The summed E-state index contributed by atoms with van der Waals surface area (Å²) in [5.41, 5.74) is 0.357. The van der Waals surface area contributed by atoms with E-state index < -0.39 is 32.8 Å². The molecule has 1 N–H and O–H groups in total. The molecule has 130 valence electrons. The van der Waals surface area contributed by atoms with E-state index in [0.29, 0.717) is 5.56 Å². The van der Waals surface area contributed by atoms with Gasteiger partial charge in [0.2, 0.25) is 10.0 Å². The minimum absolute atomic E-state index is 0.249. The number of halogens is 5. The minimum Gasteiger partial charge on any atom is -0.406 e. The van der Waals surface area contributed by atoms with E-state index in [1.807, 2.05) is 0 Å². The summed E-state index contributed by atoms with van der Waals surface area (Å²) in [5.74, 6) is -1.52. The fourth-order valence-electron chi connectivity index (χ4n) is 1.76. The molecule has 0 heterocycles. The molecule has 0 aliphatic carbocycles. The Morgan fingerprint density at radius 2 is 1.71 bits per heavy atom. The van der Waals surface area contributed by atoms with Crippen molar-refractivity contribution in [1.29, 1.82) is 0 Å². The zero-order valence-electron chi connectivity index (χ0n) is 11.8. The molecule has 0 spiro atoms. The molecule has 2 rings (SSSR count). The molecule has 24 heavy (non-hydrogen) atoms. The van der Waals surface area contributed by atoms with Gasteiger partial charge in [0.25, 0.3) is 0 Å². The van der Waals surface area contributed by atoms with Gasteiger partial charge in [-0.25, -0.2) is 17.5 Å². The van der Waals surface area contributed by atoms with Gasteiger partial charge in [0.05, 0.1) is 5.02 Å². The van der Waals surface area contributed by atoms with Crippen molar-refractivity contribution in [3.63, 3.8) is 0 Å². The van der Waals surface area contributed by atoms with Crippen LogP contribution in [-0.4, -0.2) is 14.8 Å². The lowest BCUT2D eigenvalue weighted by molar-refractivity contribution is -0.274. The molecule has 2 aromatic carbocycles. The topological polar surface area (TPSA) is 55.4 Å². The summed E-state index contributed by atoms with van der Waals surface area (Å²) < 4.78 is 79.8. The quantitative estimate of drug-likeness (QED) is 0.798. The number of hydrogen-bond acceptors (Lipinski definition) is 3. The van der Waals surface area contributed by atoms with Gasteiger partial charge >= 0.3 is 6.36 Å². The molecular formula is C14H10ClF4NO3S. The van der Waals surface area contributed by atoms with E-state index in [1.54, 1.807) is 0 Å². The van der Waals surface area contributed by atoms with Crippen LogP contribution in [0.25, 0.3) is 0 Å². The fourth-order valence-corrected chi connectivity index (χ4v) is 3.10. The number of alkyl halides is 3. The predicted molar refractivity (Wildman–Crippen MR) is 78.6 cm³/mol. The Labute approximate surface area is 140 Å². The van der Waals surface area contributed by atoms with Crippen LogP contribution in [0.5, 0.6) is 5.75 Å². The normalized spacial score (nSPS) is 12.2. The second kappa shape index (κ2) is 6.96. The molecule has 0 aromatic heterocycles. The van der Waals surface area contributed by atoms with Crippen molar-refractivity contribution in [2.75, 3.05) is 0 Å². The Kier molecular flexibility index (Phi) is 5.36. The number of ether oxygens (including phenoxy) is 1. The smallest absolute Gasteiger partial charge is 0.406 e. The molecule has 0 aliphatic heterocycles. The average molecular weight is 384 g/mol. The van der Waals surface area contributed by atoms with Gasteiger partial charge < -0.3 is 4.74 Å². The van der Waals surface area contributed by atoms with Crippen molar-refractivity contribution in [2.24, 2.45) is 0 Å². The number of nitrogens with one attached hydrogen (secondary N) is 1. The van der Waals surface area contributed by atoms with Crippen LogP contribution in [0.15, 0.2) is 47.4 Å². The van der Waals surface area contributed by atoms with Gasteiger partial charge in [0.1, 0.15) is 10.6 Å². The Hall–Kier alpha value is -1.84. The summed E-state index contributed by atoms with van der Waals surface area (Å²) in [6, 6.07) is 8.10. The first-order chi connectivity index (χ1) is 11.1. The second-order valence-corrected chi connectivity index (χ2v) is 6.71. The number of sulfonamides is 1. The molecule has 0 saturated carbocycles. The maximum absolute atomic E-state index is 13.8. The van der Waals surface area contributed by atoms with E-state index in [0.717, 1.165) is 18.2 Å². The van der Waals surface area contributed by atoms with Crippen LogP contribution in [0.3, 0.4) is 0 Å². The number of rotatable bonds is 5. The van der Waals surface area contributed by atoms with E-state index >= 15 is 0 Å². The minimum atomic E-state index is -4.81. The lowest BCUT2D eigenvalue weighted by Crippen LogP contribution is -2.24. The van der Waals surface area contributed by atoms with Gasteiger partial charge in [-0.3, -0.25) is 0 Å². The van der Waals surface area contributed by atoms with Crippen molar-refractivity contribution in [1.82, 2.24) is 4.72 Å². The first-order valence-electron chi connectivity index (χ1n) is 6.37. The highest BCUT2D eigenvalue weighted by molar-refractivity contribution is 7.89. The molecule has 4 nitrogen and oxygen atoms in total. The Morgan fingerprint density at radius 3 is 2.29 bits per heavy atom. The van der Waals surface area contributed by atoms with Crippen LogP contribution in [0, 0.1) is 5.82 Å². The largest absolute Gasteiger partial charge is 0.573 e. The average Bonchev–Trinajstić information content (AvgIpc) is 2.48. The van der Waals surface area contributed by atoms with Crippen molar-refractivity contribution >= 4 is 21.6 Å². The Morgan fingerprint density at radius 1 is 1.08 bits per heavy atom. The SMILES string of the molecule is O=S(=O)(NCc1ccc(OC(F)(F)F)cc1)c1cccc(Cl)c1F. The van der Waals surface area contributed by atoms with Crippen molar-refractivity contribution < 1.29 is 30.7 Å². The highest BCUT2D eigenvalue weighted by atomic mass is 35.5. The van der Waals surface area contributed by atoms with Crippen LogP contribution in [0.2, 0.25) is 5.02 Å². The van der Waals surface area contributed by atoms with Crippen LogP contribution >= 0.6 is 11.6 Å². The standard InChI is InChI=1S/C14H10ClF4NO3S/c15-11-2-1-3-12(13(11)16)24(21,22)20-8-9-4-6-10(7-5-9)23-14(17,18)19/h1-7,20H,8H2. The molecule has 2 aromatic rings. The lowest BCUT2D eigenvalue weighted by Gasteiger charge is -2.10. The van der Waals surface area contributed by atoms with Crippen LogP contribution in [0.1, 0.15) is 5.56 Å². The van der Waals surface area contributed by atoms with E-state index in [4.69, 9.17) is 11.6 Å². The molecule has 10 heteroatoms. The van der Waals surface area contributed by atoms with E-state index in [9.17, 15) is 26.0 Å². The molecule has 0 atom stereocenters. The van der Waals surface area contributed by atoms with Gasteiger partial charge in [0.15, 0.2) is 5.82 Å². The Bertz CT molecular complexity index is 823. The zero-order valence-corrected chi connectivity index (χ0v) is 13.3. The third-order valence-electron chi connectivity index (χ3n) is 2.83. The molecular weight excluding hydrogens is 374 g/mol. The molecule has 0 bridgehead atoms. The summed E-state index contributed by atoms with van der Waals surface area (Å²) >= 11 is 5.53. The van der Waals surface area contributed by atoms with Gasteiger partial charge in [0, 0.05) is 6.54 Å². The summed E-state index contributed by atoms with van der Waals surface area (Å²) in [5, 5.41) is -0.341. The van der Waals surface area contributed by atoms with Gasteiger partial charge in [-0.15, -0.1) is 13.2 Å². The number of hydrogen-bond donors (Lipinski definition) is 1. The summed E-state index contributed by atoms with van der Waals surface area (Å²) in [6.45, 7) is -0.249. The van der Waals surface area contributed by atoms with Crippen molar-refractivity contribution in [3.05, 3.63) is 58.9 Å². The van der Waals surface area contributed by atoms with Gasteiger partial charge in [-0.2, -0.15) is 0 Å². The summed E-state index contributed by atoms with van der Waals surface area (Å²) in [4.78, 5) is -0.618. The fraction of sp³-hybridized carbons (Fsp3) is 0.143. The van der Waals surface area contributed by atoms with Gasteiger partial charge in [-0.1, -0.05) is 29.8 Å². The third kappa shape index (κ3) is 4.83.